The molecule has 0 atom stereocenters. The Morgan fingerprint density at radius 3 is 2.61 bits per heavy atom. The summed E-state index contributed by atoms with van der Waals surface area (Å²) in [5.74, 6) is 0.387. The zero-order valence-corrected chi connectivity index (χ0v) is 12.6. The predicted molar refractivity (Wildman–Crippen MR) is 76.5 cm³/mol. The normalized spacial score (nSPS) is 12.3. The summed E-state index contributed by atoms with van der Waals surface area (Å²) in [6.45, 7) is 11.8. The van der Waals surface area contributed by atoms with E-state index in [2.05, 4.69) is 39.9 Å². The molecule has 0 heterocycles. The SMILES string of the molecule is CCCCOC(C)(C)CCNC(=O)/C=C/C(C)C. The van der Waals surface area contributed by atoms with Gasteiger partial charge in [0.15, 0.2) is 0 Å². The van der Waals surface area contributed by atoms with E-state index in [0.29, 0.717) is 12.5 Å². The van der Waals surface area contributed by atoms with Crippen molar-refractivity contribution in [2.45, 2.75) is 59.5 Å². The number of carbonyl (C=O) groups excluding carboxylic acids is 1. The van der Waals surface area contributed by atoms with Gasteiger partial charge in [-0.2, -0.15) is 0 Å². The van der Waals surface area contributed by atoms with Gasteiger partial charge in [-0.05, 0) is 38.7 Å². The fourth-order valence-corrected chi connectivity index (χ4v) is 1.39. The Morgan fingerprint density at radius 1 is 1.39 bits per heavy atom. The van der Waals surface area contributed by atoms with Gasteiger partial charge in [0.25, 0.3) is 0 Å². The zero-order chi connectivity index (χ0) is 14.0. The zero-order valence-electron chi connectivity index (χ0n) is 12.6. The highest BCUT2D eigenvalue weighted by molar-refractivity contribution is 5.87. The third kappa shape index (κ3) is 10.3. The van der Waals surface area contributed by atoms with Gasteiger partial charge in [-0.1, -0.05) is 33.3 Å². The summed E-state index contributed by atoms with van der Waals surface area (Å²) in [6.07, 6.45) is 6.57. The minimum atomic E-state index is -0.162. The van der Waals surface area contributed by atoms with Gasteiger partial charge in [0, 0.05) is 13.2 Å². The smallest absolute Gasteiger partial charge is 0.243 e. The molecule has 0 spiro atoms. The van der Waals surface area contributed by atoms with Crippen LogP contribution in [0.25, 0.3) is 0 Å². The maximum atomic E-state index is 11.5. The van der Waals surface area contributed by atoms with Crippen molar-refractivity contribution in [1.82, 2.24) is 5.32 Å². The molecular weight excluding hydrogens is 226 g/mol. The lowest BCUT2D eigenvalue weighted by molar-refractivity contribution is -0.116. The standard InChI is InChI=1S/C15H29NO2/c1-6-7-12-18-15(4,5)10-11-16-14(17)9-8-13(2)3/h8-9,13H,6-7,10-12H2,1-5H3,(H,16,17)/b9-8+. The minimum absolute atomic E-state index is 0.0203. The molecular formula is C15H29NO2. The topological polar surface area (TPSA) is 38.3 Å². The summed E-state index contributed by atoms with van der Waals surface area (Å²) >= 11 is 0. The van der Waals surface area contributed by atoms with E-state index in [9.17, 15) is 4.79 Å². The maximum absolute atomic E-state index is 11.5. The van der Waals surface area contributed by atoms with E-state index in [-0.39, 0.29) is 11.5 Å². The molecule has 0 aromatic rings. The molecule has 0 unspecified atom stereocenters. The number of rotatable bonds is 9. The van der Waals surface area contributed by atoms with Gasteiger partial charge in [0.1, 0.15) is 0 Å². The van der Waals surface area contributed by atoms with Gasteiger partial charge < -0.3 is 10.1 Å². The van der Waals surface area contributed by atoms with Crippen molar-refractivity contribution in [2.24, 2.45) is 5.92 Å². The second kappa shape index (κ2) is 9.15. The Hall–Kier alpha value is -0.830. The Morgan fingerprint density at radius 2 is 2.06 bits per heavy atom. The van der Waals surface area contributed by atoms with Crippen LogP contribution in [0.3, 0.4) is 0 Å². The summed E-state index contributed by atoms with van der Waals surface area (Å²) < 4.78 is 5.78. The summed E-state index contributed by atoms with van der Waals surface area (Å²) in [4.78, 5) is 11.5. The summed E-state index contributed by atoms with van der Waals surface area (Å²) in [5.41, 5.74) is -0.162. The first-order chi connectivity index (χ1) is 8.37. The largest absolute Gasteiger partial charge is 0.376 e. The van der Waals surface area contributed by atoms with E-state index in [1.165, 1.54) is 0 Å². The molecule has 0 radical (unpaired) electrons. The molecule has 0 aliphatic carbocycles. The number of hydrogen-bond acceptors (Lipinski definition) is 2. The number of nitrogens with one attached hydrogen (secondary N) is 1. The van der Waals surface area contributed by atoms with E-state index < -0.39 is 0 Å². The first-order valence-electron chi connectivity index (χ1n) is 6.97. The lowest BCUT2D eigenvalue weighted by Crippen LogP contribution is -2.32. The van der Waals surface area contributed by atoms with E-state index >= 15 is 0 Å². The lowest BCUT2D eigenvalue weighted by Gasteiger charge is -2.25. The van der Waals surface area contributed by atoms with E-state index in [0.717, 1.165) is 25.9 Å². The number of unbranched alkanes of at least 4 members (excludes halogenated alkanes) is 1. The molecule has 1 N–H and O–H groups in total. The van der Waals surface area contributed by atoms with Gasteiger partial charge in [-0.15, -0.1) is 0 Å². The molecule has 0 saturated heterocycles. The molecule has 18 heavy (non-hydrogen) atoms. The highest BCUT2D eigenvalue weighted by Crippen LogP contribution is 2.14. The number of carbonyl (C=O) groups is 1. The second-order valence-electron chi connectivity index (χ2n) is 5.61. The van der Waals surface area contributed by atoms with Crippen LogP contribution in [0.1, 0.15) is 53.9 Å². The third-order valence-electron chi connectivity index (χ3n) is 2.65. The maximum Gasteiger partial charge on any atom is 0.243 e. The van der Waals surface area contributed by atoms with Crippen molar-refractivity contribution in [3.05, 3.63) is 12.2 Å². The van der Waals surface area contributed by atoms with Gasteiger partial charge in [0.05, 0.1) is 5.60 Å². The van der Waals surface area contributed by atoms with Crippen LogP contribution in [0.2, 0.25) is 0 Å². The van der Waals surface area contributed by atoms with E-state index in [1.54, 1.807) is 6.08 Å². The van der Waals surface area contributed by atoms with Crippen LogP contribution in [0, 0.1) is 5.92 Å². The van der Waals surface area contributed by atoms with Crippen LogP contribution >= 0.6 is 0 Å². The number of allylic oxidation sites excluding steroid dienone is 1. The number of amides is 1. The predicted octanol–water partition coefficient (Wildman–Crippen LogP) is 3.30. The second-order valence-corrected chi connectivity index (χ2v) is 5.61. The van der Waals surface area contributed by atoms with Gasteiger partial charge in [-0.3, -0.25) is 4.79 Å². The van der Waals surface area contributed by atoms with Crippen molar-refractivity contribution >= 4 is 5.91 Å². The monoisotopic (exact) mass is 255 g/mol. The highest BCUT2D eigenvalue weighted by atomic mass is 16.5. The molecule has 0 aliphatic rings. The Bertz CT molecular complexity index is 257. The minimum Gasteiger partial charge on any atom is -0.376 e. The molecule has 0 saturated carbocycles. The van der Waals surface area contributed by atoms with Crippen molar-refractivity contribution in [3.63, 3.8) is 0 Å². The molecule has 0 rings (SSSR count). The quantitative estimate of drug-likeness (QED) is 0.507. The van der Waals surface area contributed by atoms with Crippen LogP contribution in [-0.2, 0) is 9.53 Å². The third-order valence-corrected chi connectivity index (χ3v) is 2.65. The summed E-state index contributed by atoms with van der Waals surface area (Å²) in [7, 11) is 0. The molecule has 0 fully saturated rings. The van der Waals surface area contributed by atoms with Crippen molar-refractivity contribution in [2.75, 3.05) is 13.2 Å². The first-order valence-corrected chi connectivity index (χ1v) is 6.97. The van der Waals surface area contributed by atoms with Crippen molar-refractivity contribution in [1.29, 1.82) is 0 Å². The van der Waals surface area contributed by atoms with Crippen LogP contribution in [0.15, 0.2) is 12.2 Å². The molecule has 0 aromatic carbocycles. The first kappa shape index (κ1) is 17.2. The van der Waals surface area contributed by atoms with Crippen LogP contribution in [-0.4, -0.2) is 24.7 Å². The molecule has 1 amide bonds. The molecule has 0 aromatic heterocycles. The van der Waals surface area contributed by atoms with Gasteiger partial charge >= 0.3 is 0 Å². The van der Waals surface area contributed by atoms with Gasteiger partial charge in [0.2, 0.25) is 5.91 Å². The summed E-state index contributed by atoms with van der Waals surface area (Å²) in [6, 6.07) is 0. The van der Waals surface area contributed by atoms with Crippen LogP contribution in [0.5, 0.6) is 0 Å². The molecule has 0 bridgehead atoms. The molecule has 3 heteroatoms. The molecule has 106 valence electrons. The average Bonchev–Trinajstić information content (AvgIpc) is 2.26. The van der Waals surface area contributed by atoms with Crippen LogP contribution in [0.4, 0.5) is 0 Å². The Kier molecular flexibility index (Phi) is 8.73. The van der Waals surface area contributed by atoms with Gasteiger partial charge in [-0.25, -0.2) is 0 Å². The van der Waals surface area contributed by atoms with Crippen molar-refractivity contribution in [3.8, 4) is 0 Å². The fraction of sp³-hybridized carbons (Fsp3) is 0.800. The highest BCUT2D eigenvalue weighted by Gasteiger charge is 2.17. The molecule has 3 nitrogen and oxygen atoms in total. The van der Waals surface area contributed by atoms with Crippen LogP contribution < -0.4 is 5.32 Å². The number of ether oxygens (including phenoxy) is 1. The van der Waals surface area contributed by atoms with E-state index in [1.807, 2.05) is 6.08 Å². The van der Waals surface area contributed by atoms with E-state index in [4.69, 9.17) is 4.74 Å². The average molecular weight is 255 g/mol. The van der Waals surface area contributed by atoms with Crippen molar-refractivity contribution < 1.29 is 9.53 Å². The summed E-state index contributed by atoms with van der Waals surface area (Å²) in [5, 5.41) is 2.88. The fourth-order valence-electron chi connectivity index (χ4n) is 1.39. The Labute approximate surface area is 112 Å². The number of hydrogen-bond donors (Lipinski definition) is 1. The lowest BCUT2D eigenvalue weighted by atomic mass is 10.1. The molecule has 0 aliphatic heterocycles. The Balaban J connectivity index is 3.78.